The third kappa shape index (κ3) is 3.66. The Kier molecular flexibility index (Phi) is 4.31. The van der Waals surface area contributed by atoms with Crippen LogP contribution in [0.1, 0.15) is 27.0 Å². The molecule has 0 heterocycles. The van der Waals surface area contributed by atoms with E-state index < -0.39 is 0 Å². The Labute approximate surface area is 113 Å². The van der Waals surface area contributed by atoms with Crippen LogP contribution in [-0.4, -0.2) is 5.91 Å². The van der Waals surface area contributed by atoms with Crippen molar-refractivity contribution in [3.63, 3.8) is 0 Å². The molecule has 0 atom stereocenters. The summed E-state index contributed by atoms with van der Waals surface area (Å²) in [6.07, 6.45) is 0. The molecular formula is C16H18N2O. The molecule has 0 aliphatic rings. The predicted octanol–water partition coefficient (Wildman–Crippen LogP) is 2.38. The second-order valence-corrected chi connectivity index (χ2v) is 4.58. The minimum atomic E-state index is -0.0724. The van der Waals surface area contributed by atoms with Gasteiger partial charge in [0.2, 0.25) is 0 Å². The van der Waals surface area contributed by atoms with Gasteiger partial charge in [0, 0.05) is 18.7 Å². The quantitative estimate of drug-likeness (QED) is 0.880. The van der Waals surface area contributed by atoms with E-state index in [0.717, 1.165) is 11.1 Å². The monoisotopic (exact) mass is 254 g/mol. The van der Waals surface area contributed by atoms with Crippen LogP contribution < -0.4 is 11.1 Å². The second kappa shape index (κ2) is 6.16. The van der Waals surface area contributed by atoms with Crippen LogP contribution in [0.2, 0.25) is 0 Å². The number of carbonyl (C=O) groups excluding carboxylic acids is 1. The van der Waals surface area contributed by atoms with Crippen LogP contribution in [0.25, 0.3) is 0 Å². The van der Waals surface area contributed by atoms with E-state index in [0.29, 0.717) is 18.7 Å². The van der Waals surface area contributed by atoms with E-state index in [2.05, 4.69) is 11.4 Å². The van der Waals surface area contributed by atoms with E-state index in [1.807, 2.05) is 43.3 Å². The first-order valence-corrected chi connectivity index (χ1v) is 6.32. The molecular weight excluding hydrogens is 236 g/mol. The van der Waals surface area contributed by atoms with Crippen molar-refractivity contribution >= 4 is 5.91 Å². The molecule has 0 radical (unpaired) electrons. The number of hydrogen-bond donors (Lipinski definition) is 2. The standard InChI is InChI=1S/C16H18N2O/c1-12-4-2-6-14(8-12)11-18-16(19)15-7-3-5-13(9-15)10-17/h2-9H,10-11,17H2,1H3,(H,18,19). The van der Waals surface area contributed by atoms with E-state index in [-0.39, 0.29) is 5.91 Å². The maximum absolute atomic E-state index is 12.0. The van der Waals surface area contributed by atoms with E-state index >= 15 is 0 Å². The Morgan fingerprint density at radius 2 is 1.84 bits per heavy atom. The fourth-order valence-electron chi connectivity index (χ4n) is 1.95. The van der Waals surface area contributed by atoms with E-state index in [1.54, 1.807) is 6.07 Å². The Morgan fingerprint density at radius 1 is 1.11 bits per heavy atom. The number of hydrogen-bond acceptors (Lipinski definition) is 2. The lowest BCUT2D eigenvalue weighted by Gasteiger charge is -2.07. The van der Waals surface area contributed by atoms with Gasteiger partial charge in [-0.3, -0.25) is 4.79 Å². The van der Waals surface area contributed by atoms with Gasteiger partial charge in [-0.05, 0) is 30.2 Å². The minimum absolute atomic E-state index is 0.0724. The van der Waals surface area contributed by atoms with Crippen molar-refractivity contribution in [3.05, 3.63) is 70.8 Å². The van der Waals surface area contributed by atoms with Crippen LogP contribution in [0.4, 0.5) is 0 Å². The van der Waals surface area contributed by atoms with Gasteiger partial charge in [0.05, 0.1) is 0 Å². The fourth-order valence-corrected chi connectivity index (χ4v) is 1.95. The highest BCUT2D eigenvalue weighted by molar-refractivity contribution is 5.94. The summed E-state index contributed by atoms with van der Waals surface area (Å²) in [5, 5.41) is 2.91. The van der Waals surface area contributed by atoms with Gasteiger partial charge in [0.15, 0.2) is 0 Å². The molecule has 0 aliphatic carbocycles. The third-order valence-electron chi connectivity index (χ3n) is 2.96. The Bertz CT molecular complexity index is 578. The molecule has 0 aromatic heterocycles. The molecule has 19 heavy (non-hydrogen) atoms. The summed E-state index contributed by atoms with van der Waals surface area (Å²) < 4.78 is 0. The van der Waals surface area contributed by atoms with Crippen LogP contribution in [0.5, 0.6) is 0 Å². The van der Waals surface area contributed by atoms with Crippen molar-refractivity contribution in [2.24, 2.45) is 5.73 Å². The van der Waals surface area contributed by atoms with Gasteiger partial charge in [0.1, 0.15) is 0 Å². The molecule has 3 N–H and O–H groups in total. The highest BCUT2D eigenvalue weighted by Crippen LogP contribution is 2.06. The molecule has 0 unspecified atom stereocenters. The molecule has 2 rings (SSSR count). The Hall–Kier alpha value is -2.13. The smallest absolute Gasteiger partial charge is 0.251 e. The van der Waals surface area contributed by atoms with Crippen molar-refractivity contribution in [3.8, 4) is 0 Å². The van der Waals surface area contributed by atoms with Gasteiger partial charge in [0.25, 0.3) is 5.91 Å². The summed E-state index contributed by atoms with van der Waals surface area (Å²) in [6.45, 7) is 3.02. The number of amides is 1. The predicted molar refractivity (Wildman–Crippen MR) is 76.7 cm³/mol. The van der Waals surface area contributed by atoms with Crippen LogP contribution in [-0.2, 0) is 13.1 Å². The van der Waals surface area contributed by atoms with Crippen molar-refractivity contribution in [1.29, 1.82) is 0 Å². The molecule has 98 valence electrons. The molecule has 0 bridgehead atoms. The molecule has 3 heteroatoms. The molecule has 2 aromatic rings. The molecule has 0 saturated carbocycles. The van der Waals surface area contributed by atoms with Gasteiger partial charge in [-0.25, -0.2) is 0 Å². The summed E-state index contributed by atoms with van der Waals surface area (Å²) >= 11 is 0. The van der Waals surface area contributed by atoms with Gasteiger partial charge < -0.3 is 11.1 Å². The van der Waals surface area contributed by atoms with Crippen LogP contribution in [0, 0.1) is 6.92 Å². The van der Waals surface area contributed by atoms with Crippen molar-refractivity contribution in [2.75, 3.05) is 0 Å². The largest absolute Gasteiger partial charge is 0.348 e. The fraction of sp³-hybridized carbons (Fsp3) is 0.188. The number of aryl methyl sites for hydroxylation is 1. The van der Waals surface area contributed by atoms with Gasteiger partial charge >= 0.3 is 0 Å². The Morgan fingerprint density at radius 3 is 2.58 bits per heavy atom. The Balaban J connectivity index is 2.01. The average Bonchev–Trinajstić information content (AvgIpc) is 2.45. The second-order valence-electron chi connectivity index (χ2n) is 4.58. The van der Waals surface area contributed by atoms with Gasteiger partial charge in [-0.2, -0.15) is 0 Å². The average molecular weight is 254 g/mol. The van der Waals surface area contributed by atoms with Crippen molar-refractivity contribution in [1.82, 2.24) is 5.32 Å². The van der Waals surface area contributed by atoms with E-state index in [4.69, 9.17) is 5.73 Å². The molecule has 3 nitrogen and oxygen atoms in total. The lowest BCUT2D eigenvalue weighted by Crippen LogP contribution is -2.23. The van der Waals surface area contributed by atoms with Crippen LogP contribution >= 0.6 is 0 Å². The molecule has 0 spiro atoms. The van der Waals surface area contributed by atoms with Gasteiger partial charge in [-0.1, -0.05) is 42.0 Å². The zero-order valence-corrected chi connectivity index (χ0v) is 11.0. The number of benzene rings is 2. The molecule has 2 aromatic carbocycles. The van der Waals surface area contributed by atoms with E-state index in [1.165, 1.54) is 5.56 Å². The molecule has 0 fully saturated rings. The zero-order chi connectivity index (χ0) is 13.7. The lowest BCUT2D eigenvalue weighted by atomic mass is 10.1. The lowest BCUT2D eigenvalue weighted by molar-refractivity contribution is 0.0951. The molecule has 1 amide bonds. The minimum Gasteiger partial charge on any atom is -0.348 e. The maximum Gasteiger partial charge on any atom is 0.251 e. The summed E-state index contributed by atoms with van der Waals surface area (Å²) in [5.41, 5.74) is 9.47. The first kappa shape index (κ1) is 13.3. The number of carbonyl (C=O) groups is 1. The first-order valence-electron chi connectivity index (χ1n) is 6.32. The zero-order valence-electron chi connectivity index (χ0n) is 11.0. The van der Waals surface area contributed by atoms with Crippen molar-refractivity contribution in [2.45, 2.75) is 20.0 Å². The maximum atomic E-state index is 12.0. The summed E-state index contributed by atoms with van der Waals surface area (Å²) in [5.74, 6) is -0.0724. The highest BCUT2D eigenvalue weighted by Gasteiger charge is 2.05. The summed E-state index contributed by atoms with van der Waals surface area (Å²) in [6, 6.07) is 15.5. The molecule has 0 aliphatic heterocycles. The van der Waals surface area contributed by atoms with Crippen LogP contribution in [0.15, 0.2) is 48.5 Å². The topological polar surface area (TPSA) is 55.1 Å². The summed E-state index contributed by atoms with van der Waals surface area (Å²) in [7, 11) is 0. The SMILES string of the molecule is Cc1cccc(CNC(=O)c2cccc(CN)c2)c1. The van der Waals surface area contributed by atoms with Crippen molar-refractivity contribution < 1.29 is 4.79 Å². The highest BCUT2D eigenvalue weighted by atomic mass is 16.1. The number of rotatable bonds is 4. The van der Waals surface area contributed by atoms with Crippen LogP contribution in [0.3, 0.4) is 0 Å². The first-order chi connectivity index (χ1) is 9.19. The normalized spacial score (nSPS) is 10.2. The molecule has 0 saturated heterocycles. The number of nitrogens with one attached hydrogen (secondary N) is 1. The summed E-state index contributed by atoms with van der Waals surface area (Å²) in [4.78, 5) is 12.0. The van der Waals surface area contributed by atoms with Gasteiger partial charge in [-0.15, -0.1) is 0 Å². The number of nitrogens with two attached hydrogens (primary N) is 1. The third-order valence-corrected chi connectivity index (χ3v) is 2.96. The van der Waals surface area contributed by atoms with E-state index in [9.17, 15) is 4.79 Å².